The number of nitrogens with zero attached hydrogens (tertiary/aromatic N) is 1. The van der Waals surface area contributed by atoms with E-state index in [1.54, 1.807) is 16.4 Å². The summed E-state index contributed by atoms with van der Waals surface area (Å²) in [6.07, 6.45) is 1.93. The molecule has 1 aliphatic heterocycles. The minimum absolute atomic E-state index is 0. The lowest BCUT2D eigenvalue weighted by molar-refractivity contribution is 0.263. The average molecular weight is 337 g/mol. The molecule has 1 atom stereocenters. The van der Waals surface area contributed by atoms with Crippen molar-refractivity contribution in [3.8, 4) is 0 Å². The van der Waals surface area contributed by atoms with Crippen LogP contribution in [0.15, 0.2) is 24.3 Å². The molecule has 7 heteroatoms. The van der Waals surface area contributed by atoms with E-state index in [0.29, 0.717) is 24.6 Å². The molecule has 0 radical (unpaired) electrons. The maximum Gasteiger partial charge on any atom is 0.218 e. The fourth-order valence-electron chi connectivity index (χ4n) is 2.66. The molecule has 1 heterocycles. The van der Waals surface area contributed by atoms with Crippen molar-refractivity contribution in [2.45, 2.75) is 18.6 Å². The lowest BCUT2D eigenvalue weighted by atomic mass is 10.00. The van der Waals surface area contributed by atoms with Crippen LogP contribution in [0.3, 0.4) is 0 Å². The molecule has 21 heavy (non-hydrogen) atoms. The molecule has 0 aromatic heterocycles. The van der Waals surface area contributed by atoms with Gasteiger partial charge in [0, 0.05) is 13.1 Å². The Kier molecular flexibility index (Phi) is 7.06. The van der Waals surface area contributed by atoms with Crippen molar-refractivity contribution in [2.75, 3.05) is 26.7 Å². The summed E-state index contributed by atoms with van der Waals surface area (Å²) in [4.78, 5) is 0. The third kappa shape index (κ3) is 5.21. The van der Waals surface area contributed by atoms with E-state index >= 15 is 0 Å². The van der Waals surface area contributed by atoms with Gasteiger partial charge in [0.1, 0.15) is 5.82 Å². The zero-order chi connectivity index (χ0) is 14.6. The SMILES string of the molecule is CNCC1CCCN(S(=O)(=O)Cc2cccc(F)c2)C1.Cl. The van der Waals surface area contributed by atoms with Gasteiger partial charge in [0.2, 0.25) is 10.0 Å². The van der Waals surface area contributed by atoms with Gasteiger partial charge in [-0.25, -0.2) is 17.1 Å². The minimum atomic E-state index is -3.37. The maximum atomic E-state index is 13.1. The van der Waals surface area contributed by atoms with Crippen molar-refractivity contribution in [3.63, 3.8) is 0 Å². The third-order valence-corrected chi connectivity index (χ3v) is 5.42. The van der Waals surface area contributed by atoms with Crippen LogP contribution >= 0.6 is 12.4 Å². The molecule has 120 valence electrons. The number of sulfonamides is 1. The lowest BCUT2D eigenvalue weighted by Gasteiger charge is -2.31. The summed E-state index contributed by atoms with van der Waals surface area (Å²) >= 11 is 0. The Morgan fingerprint density at radius 2 is 2.19 bits per heavy atom. The van der Waals surface area contributed by atoms with Gasteiger partial charge >= 0.3 is 0 Å². The number of halogens is 2. The molecular formula is C14H22ClFN2O2S. The monoisotopic (exact) mass is 336 g/mol. The van der Waals surface area contributed by atoms with Gasteiger partial charge < -0.3 is 5.32 Å². The molecule has 0 spiro atoms. The first kappa shape index (κ1) is 18.4. The van der Waals surface area contributed by atoms with Gasteiger partial charge in [-0.1, -0.05) is 12.1 Å². The number of benzene rings is 1. The highest BCUT2D eigenvalue weighted by molar-refractivity contribution is 7.88. The van der Waals surface area contributed by atoms with E-state index in [-0.39, 0.29) is 18.2 Å². The van der Waals surface area contributed by atoms with Gasteiger partial charge in [0.25, 0.3) is 0 Å². The van der Waals surface area contributed by atoms with Gasteiger partial charge in [-0.3, -0.25) is 0 Å². The number of piperidine rings is 1. The van der Waals surface area contributed by atoms with Crippen molar-refractivity contribution in [2.24, 2.45) is 5.92 Å². The third-order valence-electron chi connectivity index (χ3n) is 3.61. The van der Waals surface area contributed by atoms with Crippen molar-refractivity contribution in [3.05, 3.63) is 35.6 Å². The molecule has 4 nitrogen and oxygen atoms in total. The summed E-state index contributed by atoms with van der Waals surface area (Å²) in [7, 11) is -1.49. The van der Waals surface area contributed by atoms with Gasteiger partial charge in [-0.05, 0) is 50.0 Å². The van der Waals surface area contributed by atoms with E-state index in [2.05, 4.69) is 5.32 Å². The molecule has 0 bridgehead atoms. The second-order valence-corrected chi connectivity index (χ2v) is 7.28. The Morgan fingerprint density at radius 3 is 2.86 bits per heavy atom. The average Bonchev–Trinajstić information content (AvgIpc) is 2.39. The second-order valence-electron chi connectivity index (χ2n) is 5.31. The summed E-state index contributed by atoms with van der Waals surface area (Å²) in [6, 6.07) is 5.79. The van der Waals surface area contributed by atoms with Crippen LogP contribution in [0.2, 0.25) is 0 Å². The van der Waals surface area contributed by atoms with E-state index in [1.165, 1.54) is 12.1 Å². The summed E-state index contributed by atoms with van der Waals surface area (Å²) in [6.45, 7) is 1.95. The first-order valence-corrected chi connectivity index (χ1v) is 8.49. The van der Waals surface area contributed by atoms with Crippen LogP contribution in [0.5, 0.6) is 0 Å². The van der Waals surface area contributed by atoms with E-state index < -0.39 is 15.8 Å². The fraction of sp³-hybridized carbons (Fsp3) is 0.571. The highest BCUT2D eigenvalue weighted by Crippen LogP contribution is 2.21. The van der Waals surface area contributed by atoms with Crippen LogP contribution in [0, 0.1) is 11.7 Å². The highest BCUT2D eigenvalue weighted by atomic mass is 35.5. The minimum Gasteiger partial charge on any atom is -0.319 e. The molecule has 0 aliphatic carbocycles. The first-order valence-electron chi connectivity index (χ1n) is 6.88. The summed E-state index contributed by atoms with van der Waals surface area (Å²) in [5.41, 5.74) is 0.501. The Labute approximate surface area is 132 Å². The maximum absolute atomic E-state index is 13.1. The van der Waals surface area contributed by atoms with Crippen LogP contribution in [0.1, 0.15) is 18.4 Å². The zero-order valence-corrected chi connectivity index (χ0v) is 13.7. The first-order chi connectivity index (χ1) is 9.51. The summed E-state index contributed by atoms with van der Waals surface area (Å²) < 4.78 is 39.5. The van der Waals surface area contributed by atoms with E-state index in [1.807, 2.05) is 7.05 Å². The topological polar surface area (TPSA) is 49.4 Å². The predicted molar refractivity (Wildman–Crippen MR) is 84.5 cm³/mol. The largest absolute Gasteiger partial charge is 0.319 e. The lowest BCUT2D eigenvalue weighted by Crippen LogP contribution is -2.42. The van der Waals surface area contributed by atoms with Gasteiger partial charge in [0.05, 0.1) is 5.75 Å². The summed E-state index contributed by atoms with van der Waals surface area (Å²) in [5, 5.41) is 3.10. The Hall–Kier alpha value is -0.690. The van der Waals surface area contributed by atoms with Gasteiger partial charge in [-0.2, -0.15) is 0 Å². The Bertz CT molecular complexity index is 552. The van der Waals surface area contributed by atoms with Crippen molar-refractivity contribution in [1.29, 1.82) is 0 Å². The Balaban J connectivity index is 0.00000220. The number of nitrogens with one attached hydrogen (secondary N) is 1. The van der Waals surface area contributed by atoms with Crippen LogP contribution in [0.25, 0.3) is 0 Å². The molecule has 1 aliphatic rings. The summed E-state index contributed by atoms with van der Waals surface area (Å²) in [5.74, 6) is -0.169. The van der Waals surface area contributed by atoms with Crippen molar-refractivity contribution < 1.29 is 12.8 Å². The van der Waals surface area contributed by atoms with Gasteiger partial charge in [-0.15, -0.1) is 12.4 Å². The molecule has 1 aromatic rings. The van der Waals surface area contributed by atoms with Crippen LogP contribution in [-0.2, 0) is 15.8 Å². The molecule has 1 saturated heterocycles. The molecule has 0 amide bonds. The van der Waals surface area contributed by atoms with Gasteiger partial charge in [0.15, 0.2) is 0 Å². The van der Waals surface area contributed by atoms with Crippen LogP contribution < -0.4 is 5.32 Å². The van der Waals surface area contributed by atoms with Crippen molar-refractivity contribution in [1.82, 2.24) is 9.62 Å². The molecule has 1 N–H and O–H groups in total. The molecule has 1 unspecified atom stereocenters. The highest BCUT2D eigenvalue weighted by Gasteiger charge is 2.28. The predicted octanol–water partition coefficient (Wildman–Crippen LogP) is 2.01. The zero-order valence-electron chi connectivity index (χ0n) is 12.1. The van der Waals surface area contributed by atoms with Crippen LogP contribution in [0.4, 0.5) is 4.39 Å². The number of hydrogen-bond acceptors (Lipinski definition) is 3. The normalized spacial score (nSPS) is 20.0. The fourth-order valence-corrected chi connectivity index (χ4v) is 4.29. The van der Waals surface area contributed by atoms with Crippen LogP contribution in [-0.4, -0.2) is 39.4 Å². The van der Waals surface area contributed by atoms with E-state index in [0.717, 1.165) is 19.4 Å². The molecule has 1 aromatic carbocycles. The number of hydrogen-bond donors (Lipinski definition) is 1. The quantitative estimate of drug-likeness (QED) is 0.894. The number of rotatable bonds is 5. The molecule has 2 rings (SSSR count). The van der Waals surface area contributed by atoms with Crippen molar-refractivity contribution >= 4 is 22.4 Å². The molecule has 1 fully saturated rings. The smallest absolute Gasteiger partial charge is 0.218 e. The molecule has 0 saturated carbocycles. The second kappa shape index (κ2) is 8.08. The van der Waals surface area contributed by atoms with E-state index in [4.69, 9.17) is 0 Å². The molecular weight excluding hydrogens is 315 g/mol. The van der Waals surface area contributed by atoms with E-state index in [9.17, 15) is 12.8 Å². The Morgan fingerprint density at radius 1 is 1.43 bits per heavy atom. The standard InChI is InChI=1S/C14H21FN2O2S.ClH/c1-16-9-13-5-3-7-17(10-13)20(18,19)11-12-4-2-6-14(15)8-12;/h2,4,6,8,13,16H,3,5,7,9-11H2,1H3;1H.